The highest BCUT2D eigenvalue weighted by molar-refractivity contribution is 6.31. The van der Waals surface area contributed by atoms with Crippen LogP contribution in [0.25, 0.3) is 0 Å². The Balaban J connectivity index is 1.94. The Kier molecular flexibility index (Phi) is 8.04. The summed E-state index contributed by atoms with van der Waals surface area (Å²) >= 11 is 0. The van der Waals surface area contributed by atoms with Crippen LogP contribution in [-0.4, -0.2) is 78.2 Å². The van der Waals surface area contributed by atoms with E-state index in [2.05, 4.69) is 15.6 Å². The highest BCUT2D eigenvalue weighted by Gasteiger charge is 2.34. The maximum absolute atomic E-state index is 13.5. The van der Waals surface area contributed by atoms with Gasteiger partial charge in [0.1, 0.15) is 0 Å². The quantitative estimate of drug-likeness (QED) is 0.308. The van der Waals surface area contributed by atoms with Crippen molar-refractivity contribution in [1.82, 2.24) is 4.98 Å². The van der Waals surface area contributed by atoms with Gasteiger partial charge in [-0.25, -0.2) is 0 Å². The normalized spacial score (nSPS) is 13.5. The summed E-state index contributed by atoms with van der Waals surface area (Å²) in [5.74, 6) is -0.545. The van der Waals surface area contributed by atoms with Gasteiger partial charge < -0.3 is 30.3 Å². The van der Waals surface area contributed by atoms with Gasteiger partial charge in [-0.05, 0) is 45.9 Å². The molecule has 1 aromatic carbocycles. The lowest BCUT2D eigenvalue weighted by atomic mass is 9.83. The van der Waals surface area contributed by atoms with Crippen LogP contribution in [0, 0.1) is 10.4 Å². The molecule has 0 atom stereocenters. The highest BCUT2D eigenvalue weighted by Crippen LogP contribution is 2.36. The van der Waals surface area contributed by atoms with E-state index in [-0.39, 0.29) is 32.0 Å². The van der Waals surface area contributed by atoms with E-state index in [4.69, 9.17) is 0 Å². The van der Waals surface area contributed by atoms with Gasteiger partial charge in [-0.2, -0.15) is 0 Å². The van der Waals surface area contributed by atoms with Gasteiger partial charge in [0.2, 0.25) is 0 Å². The number of benzene rings is 1. The molecule has 1 aliphatic rings. The number of ketones is 2. The van der Waals surface area contributed by atoms with Crippen molar-refractivity contribution in [2.24, 2.45) is 0 Å². The smallest absolute Gasteiger partial charge is 0.198 e. The standard InChI is InChI=1S/C25H35N5O4/c1-5-29(33,6-2)15-13-27-20-9-10-21(28-14-16-30(34,7-3)8-4)23-22(20)24(31)18-11-12-26-17-19(18)25(23)32/h9-12,17,27-28H,5-8,13-16H2,1-4H3. The van der Waals surface area contributed by atoms with E-state index in [1.807, 2.05) is 27.7 Å². The lowest BCUT2D eigenvalue weighted by Crippen LogP contribution is -2.45. The van der Waals surface area contributed by atoms with Crippen LogP contribution in [0.1, 0.15) is 59.5 Å². The van der Waals surface area contributed by atoms with Crippen molar-refractivity contribution in [3.8, 4) is 0 Å². The summed E-state index contributed by atoms with van der Waals surface area (Å²) in [7, 11) is 0. The van der Waals surface area contributed by atoms with E-state index in [0.717, 1.165) is 0 Å². The molecular formula is C25H35N5O4. The molecule has 0 fully saturated rings. The zero-order valence-electron chi connectivity index (χ0n) is 20.5. The molecule has 2 aromatic rings. The topological polar surface area (TPSA) is 117 Å². The number of hydrogen-bond acceptors (Lipinski definition) is 7. The summed E-state index contributed by atoms with van der Waals surface area (Å²) in [6, 6.07) is 5.07. The number of hydroxylamine groups is 6. The maximum atomic E-state index is 13.5. The first kappa shape index (κ1) is 25.8. The van der Waals surface area contributed by atoms with Crippen LogP contribution >= 0.6 is 0 Å². The van der Waals surface area contributed by atoms with Crippen LogP contribution < -0.4 is 10.6 Å². The molecule has 0 saturated heterocycles. The number of hydrogen-bond donors (Lipinski definition) is 2. The average Bonchev–Trinajstić information content (AvgIpc) is 2.87. The first-order valence-electron chi connectivity index (χ1n) is 12.0. The van der Waals surface area contributed by atoms with Crippen LogP contribution in [-0.2, 0) is 0 Å². The molecule has 0 amide bonds. The van der Waals surface area contributed by atoms with Crippen molar-refractivity contribution in [2.45, 2.75) is 27.7 Å². The summed E-state index contributed by atoms with van der Waals surface area (Å²) in [6.07, 6.45) is 2.92. The molecule has 9 nitrogen and oxygen atoms in total. The third-order valence-electron chi connectivity index (χ3n) is 6.94. The Morgan fingerprint density at radius 2 is 1.18 bits per heavy atom. The average molecular weight is 470 g/mol. The number of carbonyl (C=O) groups is 2. The molecule has 34 heavy (non-hydrogen) atoms. The number of likely N-dealkylation sites (N-methyl/N-ethyl adjacent to an activating group) is 2. The minimum absolute atomic E-state index is 0.261. The third kappa shape index (κ3) is 5.12. The predicted molar refractivity (Wildman–Crippen MR) is 134 cm³/mol. The van der Waals surface area contributed by atoms with E-state index in [0.29, 0.717) is 74.9 Å². The minimum atomic E-state index is -0.335. The lowest BCUT2D eigenvalue weighted by Gasteiger charge is -2.41. The number of quaternary nitrogens is 2. The second kappa shape index (κ2) is 10.6. The fourth-order valence-electron chi connectivity index (χ4n) is 4.28. The maximum Gasteiger partial charge on any atom is 0.198 e. The summed E-state index contributed by atoms with van der Waals surface area (Å²) in [5.41, 5.74) is 2.19. The largest absolute Gasteiger partial charge is 0.633 e. The molecule has 1 aliphatic carbocycles. The van der Waals surface area contributed by atoms with Gasteiger partial charge in [0.25, 0.3) is 0 Å². The first-order chi connectivity index (χ1) is 16.2. The van der Waals surface area contributed by atoms with E-state index >= 15 is 0 Å². The molecule has 9 heteroatoms. The van der Waals surface area contributed by atoms with Gasteiger partial charge in [0.05, 0.1) is 69.0 Å². The molecule has 0 aliphatic heterocycles. The third-order valence-corrected chi connectivity index (χ3v) is 6.94. The van der Waals surface area contributed by atoms with Gasteiger partial charge in [-0.1, -0.05) is 0 Å². The van der Waals surface area contributed by atoms with Crippen molar-refractivity contribution < 1.29 is 18.9 Å². The Labute approximate surface area is 201 Å². The molecular weight excluding hydrogens is 434 g/mol. The fourth-order valence-corrected chi connectivity index (χ4v) is 4.28. The molecule has 0 unspecified atom stereocenters. The zero-order chi connectivity index (χ0) is 24.9. The SMILES string of the molecule is CC[N+]([O-])(CC)CCNc1ccc(NCC[N+]([O-])(CC)CC)c2c1C(=O)c1ccncc1C2=O. The monoisotopic (exact) mass is 469 g/mol. The van der Waals surface area contributed by atoms with Crippen molar-refractivity contribution >= 4 is 22.9 Å². The lowest BCUT2D eigenvalue weighted by molar-refractivity contribution is -0.875. The van der Waals surface area contributed by atoms with Gasteiger partial charge >= 0.3 is 0 Å². The molecule has 2 N–H and O–H groups in total. The minimum Gasteiger partial charge on any atom is -0.633 e. The summed E-state index contributed by atoms with van der Waals surface area (Å²) < 4.78 is -0.668. The van der Waals surface area contributed by atoms with Crippen LogP contribution in [0.5, 0.6) is 0 Å². The number of nitrogens with zero attached hydrogens (tertiary/aromatic N) is 3. The van der Waals surface area contributed by atoms with Gasteiger partial charge in [0, 0.05) is 29.3 Å². The molecule has 1 heterocycles. The summed E-state index contributed by atoms with van der Waals surface area (Å²) in [5, 5.41) is 31.7. The summed E-state index contributed by atoms with van der Waals surface area (Å²) in [4.78, 5) is 30.9. The second-order valence-corrected chi connectivity index (χ2v) is 8.67. The zero-order valence-corrected chi connectivity index (χ0v) is 20.5. The van der Waals surface area contributed by atoms with Gasteiger partial charge in [0.15, 0.2) is 11.6 Å². The van der Waals surface area contributed by atoms with Crippen molar-refractivity contribution in [3.63, 3.8) is 0 Å². The van der Waals surface area contributed by atoms with Crippen LogP contribution in [0.4, 0.5) is 11.4 Å². The molecule has 1 aromatic heterocycles. The van der Waals surface area contributed by atoms with Crippen molar-refractivity contribution in [1.29, 1.82) is 0 Å². The van der Waals surface area contributed by atoms with E-state index in [1.54, 1.807) is 18.2 Å². The number of fused-ring (bicyclic) bond motifs is 2. The molecule has 0 bridgehead atoms. The molecule has 0 radical (unpaired) electrons. The Hall–Kier alpha value is -2.85. The van der Waals surface area contributed by atoms with E-state index < -0.39 is 0 Å². The van der Waals surface area contributed by atoms with Crippen molar-refractivity contribution in [2.75, 3.05) is 63.0 Å². The fraction of sp³-hybridized carbons (Fsp3) is 0.480. The number of nitrogens with one attached hydrogen (secondary N) is 2. The second-order valence-electron chi connectivity index (χ2n) is 8.67. The number of carbonyl (C=O) groups excluding carboxylic acids is 2. The molecule has 0 spiro atoms. The van der Waals surface area contributed by atoms with Crippen LogP contribution in [0.2, 0.25) is 0 Å². The van der Waals surface area contributed by atoms with Crippen molar-refractivity contribution in [3.05, 3.63) is 63.3 Å². The van der Waals surface area contributed by atoms with E-state index in [1.165, 1.54) is 12.4 Å². The first-order valence-corrected chi connectivity index (χ1v) is 12.0. The van der Waals surface area contributed by atoms with Crippen LogP contribution in [0.3, 0.4) is 0 Å². The predicted octanol–water partition coefficient (Wildman–Crippen LogP) is 3.39. The Bertz CT molecular complexity index is 966. The number of aromatic nitrogens is 1. The number of rotatable bonds is 12. The Morgan fingerprint density at radius 1 is 0.735 bits per heavy atom. The summed E-state index contributed by atoms with van der Waals surface area (Å²) in [6.45, 7) is 10.7. The van der Waals surface area contributed by atoms with Gasteiger partial charge in [-0.3, -0.25) is 14.6 Å². The highest BCUT2D eigenvalue weighted by atomic mass is 16.5. The Morgan fingerprint density at radius 3 is 1.62 bits per heavy atom. The molecule has 0 saturated carbocycles. The number of pyridine rings is 1. The van der Waals surface area contributed by atoms with E-state index in [9.17, 15) is 20.0 Å². The van der Waals surface area contributed by atoms with Gasteiger partial charge in [-0.15, -0.1) is 0 Å². The molecule has 3 rings (SSSR count). The molecule has 184 valence electrons. The number of anilines is 2. The van der Waals surface area contributed by atoms with Crippen LogP contribution in [0.15, 0.2) is 30.6 Å².